The Bertz CT molecular complexity index is 634. The fourth-order valence-corrected chi connectivity index (χ4v) is 1.41. The van der Waals surface area contributed by atoms with Crippen LogP contribution in [0, 0.1) is 0 Å². The Balaban J connectivity index is 2.45. The molecule has 0 fully saturated rings. The number of primary amides is 1. The molecular formula is C10H11N5O2. The van der Waals surface area contributed by atoms with Crippen LogP contribution in [0.1, 0.15) is 0 Å². The number of benzene rings is 1. The van der Waals surface area contributed by atoms with Gasteiger partial charge in [0.2, 0.25) is 11.9 Å². The molecule has 2 aromatic rings. The maximum Gasteiger partial charge on any atom is 0.260 e. The van der Waals surface area contributed by atoms with Crippen LogP contribution < -0.4 is 22.3 Å². The van der Waals surface area contributed by atoms with Crippen molar-refractivity contribution in [2.24, 2.45) is 5.73 Å². The first-order valence-corrected chi connectivity index (χ1v) is 4.88. The lowest BCUT2D eigenvalue weighted by atomic mass is 10.2. The Morgan fingerprint density at radius 2 is 2.24 bits per heavy atom. The van der Waals surface area contributed by atoms with E-state index in [0.717, 1.165) is 0 Å². The standard InChI is InChI=1S/C10H11N5O2/c11-5-1-2-7-6(3-5)9(17)15-10(14-7)13-4-8(12)16/h1-3H,4,11H2,(H2,12,16)(H2,13,14,15,17). The molecular weight excluding hydrogens is 222 g/mol. The molecule has 88 valence electrons. The smallest absolute Gasteiger partial charge is 0.260 e. The van der Waals surface area contributed by atoms with Crippen molar-refractivity contribution in [2.45, 2.75) is 0 Å². The van der Waals surface area contributed by atoms with Gasteiger partial charge in [-0.1, -0.05) is 0 Å². The second kappa shape index (κ2) is 4.12. The molecule has 0 spiro atoms. The Morgan fingerprint density at radius 1 is 1.47 bits per heavy atom. The van der Waals surface area contributed by atoms with Gasteiger partial charge in [0.1, 0.15) is 0 Å². The fraction of sp³-hybridized carbons (Fsp3) is 0.100. The molecule has 7 heteroatoms. The molecule has 1 aromatic heterocycles. The molecule has 0 aliphatic carbocycles. The number of anilines is 2. The molecule has 0 unspecified atom stereocenters. The third kappa shape index (κ3) is 2.33. The van der Waals surface area contributed by atoms with Gasteiger partial charge >= 0.3 is 0 Å². The first-order chi connectivity index (χ1) is 8.06. The van der Waals surface area contributed by atoms with Gasteiger partial charge in [-0.05, 0) is 18.2 Å². The first kappa shape index (κ1) is 10.9. The topological polar surface area (TPSA) is 127 Å². The van der Waals surface area contributed by atoms with Gasteiger partial charge in [-0.15, -0.1) is 0 Å². The zero-order chi connectivity index (χ0) is 12.4. The quantitative estimate of drug-likeness (QED) is 0.526. The number of aromatic nitrogens is 2. The fourth-order valence-electron chi connectivity index (χ4n) is 1.41. The maximum absolute atomic E-state index is 11.7. The van der Waals surface area contributed by atoms with E-state index in [1.165, 1.54) is 0 Å². The number of aromatic amines is 1. The largest absolute Gasteiger partial charge is 0.399 e. The molecule has 0 saturated carbocycles. The lowest BCUT2D eigenvalue weighted by Gasteiger charge is -2.04. The normalized spacial score (nSPS) is 10.4. The molecule has 0 radical (unpaired) electrons. The van der Waals surface area contributed by atoms with E-state index in [0.29, 0.717) is 16.6 Å². The number of hydrogen-bond acceptors (Lipinski definition) is 5. The van der Waals surface area contributed by atoms with Gasteiger partial charge in [-0.25, -0.2) is 4.98 Å². The van der Waals surface area contributed by atoms with Gasteiger partial charge in [0.15, 0.2) is 0 Å². The van der Waals surface area contributed by atoms with Crippen LogP contribution >= 0.6 is 0 Å². The molecule has 1 heterocycles. The van der Waals surface area contributed by atoms with Crippen LogP contribution in [0.25, 0.3) is 10.9 Å². The highest BCUT2D eigenvalue weighted by Crippen LogP contribution is 2.12. The lowest BCUT2D eigenvalue weighted by Crippen LogP contribution is -2.24. The van der Waals surface area contributed by atoms with Crippen molar-refractivity contribution in [3.63, 3.8) is 0 Å². The summed E-state index contributed by atoms with van der Waals surface area (Å²) in [6, 6.07) is 4.82. The van der Waals surface area contributed by atoms with Crippen molar-refractivity contribution in [2.75, 3.05) is 17.6 Å². The average molecular weight is 233 g/mol. The summed E-state index contributed by atoms with van der Waals surface area (Å²) in [4.78, 5) is 28.9. The summed E-state index contributed by atoms with van der Waals surface area (Å²) in [7, 11) is 0. The minimum absolute atomic E-state index is 0.0938. The molecule has 0 bridgehead atoms. The number of carbonyl (C=O) groups excluding carboxylic acids is 1. The number of amides is 1. The zero-order valence-electron chi connectivity index (χ0n) is 8.86. The number of nitrogen functional groups attached to an aromatic ring is 1. The van der Waals surface area contributed by atoms with E-state index < -0.39 is 5.91 Å². The van der Waals surface area contributed by atoms with Gasteiger partial charge in [0.05, 0.1) is 17.4 Å². The molecule has 0 atom stereocenters. The van der Waals surface area contributed by atoms with Crippen LogP contribution in [0.15, 0.2) is 23.0 Å². The SMILES string of the molecule is NC(=O)CNc1nc2ccc(N)cc2c(=O)[nH]1. The van der Waals surface area contributed by atoms with Crippen LogP contribution in [0.4, 0.5) is 11.6 Å². The van der Waals surface area contributed by atoms with Crippen LogP contribution in [0.5, 0.6) is 0 Å². The van der Waals surface area contributed by atoms with E-state index in [9.17, 15) is 9.59 Å². The van der Waals surface area contributed by atoms with Crippen molar-refractivity contribution in [1.29, 1.82) is 0 Å². The third-order valence-electron chi connectivity index (χ3n) is 2.16. The summed E-state index contributed by atoms with van der Waals surface area (Å²) in [5, 5.41) is 3.02. The van der Waals surface area contributed by atoms with E-state index >= 15 is 0 Å². The second-order valence-corrected chi connectivity index (χ2v) is 3.51. The van der Waals surface area contributed by atoms with Crippen molar-refractivity contribution in [3.05, 3.63) is 28.6 Å². The summed E-state index contributed by atoms with van der Waals surface area (Å²) in [5.74, 6) is -0.337. The Kier molecular flexibility index (Phi) is 2.65. The molecule has 7 nitrogen and oxygen atoms in total. The average Bonchev–Trinajstić information content (AvgIpc) is 2.27. The summed E-state index contributed by atoms with van der Waals surface area (Å²) < 4.78 is 0. The van der Waals surface area contributed by atoms with Crippen LogP contribution in [0.3, 0.4) is 0 Å². The van der Waals surface area contributed by atoms with E-state index in [-0.39, 0.29) is 18.1 Å². The van der Waals surface area contributed by atoms with Gasteiger partial charge in [0.25, 0.3) is 5.56 Å². The highest BCUT2D eigenvalue weighted by molar-refractivity contribution is 5.82. The van der Waals surface area contributed by atoms with Gasteiger partial charge < -0.3 is 16.8 Å². The number of carbonyl (C=O) groups is 1. The molecule has 17 heavy (non-hydrogen) atoms. The summed E-state index contributed by atoms with van der Waals surface area (Å²) >= 11 is 0. The lowest BCUT2D eigenvalue weighted by molar-refractivity contribution is -0.116. The van der Waals surface area contributed by atoms with Crippen LogP contribution in [0.2, 0.25) is 0 Å². The predicted molar refractivity (Wildman–Crippen MR) is 64.5 cm³/mol. The molecule has 0 saturated heterocycles. The van der Waals surface area contributed by atoms with Gasteiger partial charge in [0, 0.05) is 5.69 Å². The second-order valence-electron chi connectivity index (χ2n) is 3.51. The predicted octanol–water partition coefficient (Wildman–Crippen LogP) is -0.598. The molecule has 2 rings (SSSR count). The highest BCUT2D eigenvalue weighted by atomic mass is 16.1. The van der Waals surface area contributed by atoms with Crippen LogP contribution in [-0.4, -0.2) is 22.4 Å². The zero-order valence-corrected chi connectivity index (χ0v) is 8.86. The minimum Gasteiger partial charge on any atom is -0.399 e. The first-order valence-electron chi connectivity index (χ1n) is 4.88. The number of rotatable bonds is 3. The highest BCUT2D eigenvalue weighted by Gasteiger charge is 2.04. The number of nitrogens with one attached hydrogen (secondary N) is 2. The van der Waals surface area contributed by atoms with Gasteiger partial charge in [-0.3, -0.25) is 14.6 Å². The Morgan fingerprint density at radius 3 is 2.94 bits per heavy atom. The van der Waals surface area contributed by atoms with Crippen LogP contribution in [-0.2, 0) is 4.79 Å². The summed E-state index contributed by atoms with van der Waals surface area (Å²) in [5.41, 5.74) is 11.2. The van der Waals surface area contributed by atoms with E-state index in [2.05, 4.69) is 15.3 Å². The number of hydrogen-bond donors (Lipinski definition) is 4. The monoisotopic (exact) mass is 233 g/mol. The molecule has 1 aromatic carbocycles. The summed E-state index contributed by atoms with van der Waals surface area (Å²) in [6.07, 6.45) is 0. The molecule has 6 N–H and O–H groups in total. The Labute approximate surface area is 95.8 Å². The molecule has 0 aliphatic heterocycles. The number of nitrogens with two attached hydrogens (primary N) is 2. The van der Waals surface area contributed by atoms with E-state index in [4.69, 9.17) is 11.5 Å². The van der Waals surface area contributed by atoms with Crippen molar-refractivity contribution >= 4 is 28.4 Å². The van der Waals surface area contributed by atoms with Crippen molar-refractivity contribution < 1.29 is 4.79 Å². The molecule has 1 amide bonds. The number of fused-ring (bicyclic) bond motifs is 1. The molecule has 0 aliphatic rings. The maximum atomic E-state index is 11.7. The Hall–Kier alpha value is -2.57. The summed E-state index contributed by atoms with van der Waals surface area (Å²) in [6.45, 7) is -0.0938. The van der Waals surface area contributed by atoms with E-state index in [1.54, 1.807) is 18.2 Å². The van der Waals surface area contributed by atoms with Crippen molar-refractivity contribution in [1.82, 2.24) is 9.97 Å². The van der Waals surface area contributed by atoms with Gasteiger partial charge in [-0.2, -0.15) is 0 Å². The third-order valence-corrected chi connectivity index (χ3v) is 2.16. The van der Waals surface area contributed by atoms with E-state index in [1.807, 2.05) is 0 Å². The number of nitrogens with zero attached hydrogens (tertiary/aromatic N) is 1. The number of H-pyrrole nitrogens is 1. The minimum atomic E-state index is -0.537. The van der Waals surface area contributed by atoms with Crippen molar-refractivity contribution in [3.8, 4) is 0 Å².